The molecule has 0 radical (unpaired) electrons. The van der Waals surface area contributed by atoms with Gasteiger partial charge in [-0.3, -0.25) is 0 Å². The van der Waals surface area contributed by atoms with Gasteiger partial charge in [-0.2, -0.15) is 0 Å². The number of benzene rings is 2. The maximum Gasteiger partial charge on any atom is 0.126 e. The predicted octanol–water partition coefficient (Wildman–Crippen LogP) is 3.22. The van der Waals surface area contributed by atoms with Crippen LogP contribution in [0.15, 0.2) is 54.6 Å². The quantitative estimate of drug-likeness (QED) is 0.784. The van der Waals surface area contributed by atoms with Crippen molar-refractivity contribution in [1.29, 1.82) is 0 Å². The minimum Gasteiger partial charge on any atom is -0.490 e. The van der Waals surface area contributed by atoms with Crippen LogP contribution in [0.3, 0.4) is 0 Å². The van der Waals surface area contributed by atoms with E-state index >= 15 is 0 Å². The second-order valence-corrected chi connectivity index (χ2v) is 6.40. The topological polar surface area (TPSA) is 41.5 Å². The van der Waals surface area contributed by atoms with E-state index < -0.39 is 6.10 Å². The lowest BCUT2D eigenvalue weighted by molar-refractivity contribution is 0.104. The number of rotatable bonds is 8. The van der Waals surface area contributed by atoms with E-state index in [2.05, 4.69) is 54.7 Å². The van der Waals surface area contributed by atoms with E-state index in [-0.39, 0.29) is 0 Å². The van der Waals surface area contributed by atoms with Crippen molar-refractivity contribution >= 4 is 6.08 Å². The summed E-state index contributed by atoms with van der Waals surface area (Å²) in [7, 11) is 0. The molecule has 24 heavy (non-hydrogen) atoms. The number of ether oxygens (including phenoxy) is 1. The maximum atomic E-state index is 10.2. The van der Waals surface area contributed by atoms with Crippen molar-refractivity contribution in [2.75, 3.05) is 13.2 Å². The normalized spacial score (nSPS) is 15.1. The fourth-order valence-corrected chi connectivity index (χ4v) is 3.01. The van der Waals surface area contributed by atoms with Crippen LogP contribution in [-0.2, 0) is 12.8 Å². The Morgan fingerprint density at radius 2 is 1.96 bits per heavy atom. The van der Waals surface area contributed by atoms with Crippen LogP contribution in [0, 0.1) is 0 Å². The first-order valence-corrected chi connectivity index (χ1v) is 8.59. The third kappa shape index (κ3) is 4.47. The Labute approximate surface area is 144 Å². The lowest BCUT2D eigenvalue weighted by Crippen LogP contribution is -2.37. The highest BCUT2D eigenvalue weighted by Gasteiger charge is 2.13. The molecular formula is C21H25NO2. The van der Waals surface area contributed by atoms with Crippen LogP contribution in [0.4, 0.5) is 0 Å². The molecule has 0 saturated heterocycles. The highest BCUT2D eigenvalue weighted by Crippen LogP contribution is 2.28. The number of fused-ring (bicyclic) bond motifs is 1. The number of hydrogen-bond acceptors (Lipinski definition) is 3. The molecule has 0 spiro atoms. The molecule has 1 aliphatic rings. The molecule has 2 aromatic carbocycles. The van der Waals surface area contributed by atoms with E-state index in [0.29, 0.717) is 19.2 Å². The first kappa shape index (κ1) is 16.7. The molecule has 3 heteroatoms. The first-order chi connectivity index (χ1) is 11.7. The predicted molar refractivity (Wildman–Crippen MR) is 98.3 cm³/mol. The van der Waals surface area contributed by atoms with Crippen LogP contribution >= 0.6 is 0 Å². The summed E-state index contributed by atoms with van der Waals surface area (Å²) in [5.41, 5.74) is 3.74. The van der Waals surface area contributed by atoms with E-state index in [0.717, 1.165) is 24.2 Å². The molecule has 3 rings (SSSR count). The van der Waals surface area contributed by atoms with Gasteiger partial charge in [-0.15, -0.1) is 0 Å². The molecule has 2 N–H and O–H groups in total. The molecule has 0 amide bonds. The standard InChI is InChI=1S/C21H25NO2/c1-16(13-17-7-3-2-4-8-17)22-14-19(23)15-24-21-12-6-10-18-9-5-11-20(18)21/h2-8,10-12,16,19,22-23H,9,13-15H2,1H3. The van der Waals surface area contributed by atoms with Gasteiger partial charge in [0.2, 0.25) is 0 Å². The Morgan fingerprint density at radius 1 is 1.12 bits per heavy atom. The van der Waals surface area contributed by atoms with Gasteiger partial charge in [0.1, 0.15) is 18.5 Å². The lowest BCUT2D eigenvalue weighted by atomic mass is 10.1. The zero-order valence-electron chi connectivity index (χ0n) is 14.1. The van der Waals surface area contributed by atoms with E-state index in [1.165, 1.54) is 11.1 Å². The number of allylic oxidation sites excluding steroid dienone is 1. The zero-order chi connectivity index (χ0) is 16.8. The molecule has 0 saturated carbocycles. The highest BCUT2D eigenvalue weighted by molar-refractivity contribution is 5.66. The van der Waals surface area contributed by atoms with Gasteiger partial charge in [0.15, 0.2) is 0 Å². The van der Waals surface area contributed by atoms with Crippen molar-refractivity contribution in [1.82, 2.24) is 5.32 Å². The number of aliphatic hydroxyl groups is 1. The van der Waals surface area contributed by atoms with Crippen LogP contribution in [0.25, 0.3) is 6.08 Å². The van der Waals surface area contributed by atoms with Gasteiger partial charge < -0.3 is 15.2 Å². The molecule has 3 nitrogen and oxygen atoms in total. The third-order valence-electron chi connectivity index (χ3n) is 4.30. The van der Waals surface area contributed by atoms with Crippen molar-refractivity contribution in [2.24, 2.45) is 0 Å². The summed E-state index contributed by atoms with van der Waals surface area (Å²) >= 11 is 0. The fourth-order valence-electron chi connectivity index (χ4n) is 3.01. The summed E-state index contributed by atoms with van der Waals surface area (Å²) in [6.07, 6.45) is 5.63. The summed E-state index contributed by atoms with van der Waals surface area (Å²) in [5.74, 6) is 0.859. The number of aliphatic hydroxyl groups excluding tert-OH is 1. The number of nitrogens with one attached hydrogen (secondary N) is 1. The zero-order valence-corrected chi connectivity index (χ0v) is 14.1. The average molecular weight is 323 g/mol. The van der Waals surface area contributed by atoms with Gasteiger partial charge in [0.25, 0.3) is 0 Å². The first-order valence-electron chi connectivity index (χ1n) is 8.59. The molecule has 2 atom stereocenters. The van der Waals surface area contributed by atoms with Crippen LogP contribution in [0.5, 0.6) is 5.75 Å². The van der Waals surface area contributed by atoms with Gasteiger partial charge in [-0.1, -0.05) is 54.6 Å². The Bertz CT molecular complexity index is 681. The fraction of sp³-hybridized carbons (Fsp3) is 0.333. The molecule has 0 aliphatic heterocycles. The van der Waals surface area contributed by atoms with Crippen LogP contribution < -0.4 is 10.1 Å². The van der Waals surface area contributed by atoms with Crippen molar-refractivity contribution < 1.29 is 9.84 Å². The third-order valence-corrected chi connectivity index (χ3v) is 4.30. The largest absolute Gasteiger partial charge is 0.490 e. The van der Waals surface area contributed by atoms with Crippen molar-refractivity contribution in [3.63, 3.8) is 0 Å². The molecule has 0 bridgehead atoms. The van der Waals surface area contributed by atoms with Gasteiger partial charge in [0, 0.05) is 18.2 Å². The maximum absolute atomic E-state index is 10.2. The summed E-state index contributed by atoms with van der Waals surface area (Å²) in [6.45, 7) is 2.96. The summed E-state index contributed by atoms with van der Waals surface area (Å²) in [5, 5.41) is 13.5. The number of hydrogen-bond donors (Lipinski definition) is 2. The molecule has 0 heterocycles. The van der Waals surface area contributed by atoms with Crippen molar-refractivity contribution in [2.45, 2.75) is 31.9 Å². The molecule has 0 fully saturated rings. The minimum atomic E-state index is -0.524. The Kier molecular flexibility index (Phi) is 5.68. The van der Waals surface area contributed by atoms with E-state index in [1.54, 1.807) is 0 Å². The second kappa shape index (κ2) is 8.13. The lowest BCUT2D eigenvalue weighted by Gasteiger charge is -2.18. The van der Waals surface area contributed by atoms with Gasteiger partial charge in [0.05, 0.1) is 0 Å². The summed E-state index contributed by atoms with van der Waals surface area (Å²) in [6, 6.07) is 16.8. The van der Waals surface area contributed by atoms with Crippen LogP contribution in [-0.4, -0.2) is 30.4 Å². The van der Waals surface area contributed by atoms with E-state index in [1.807, 2.05) is 18.2 Å². The van der Waals surface area contributed by atoms with Crippen LogP contribution in [0.2, 0.25) is 0 Å². The Morgan fingerprint density at radius 3 is 2.79 bits per heavy atom. The summed E-state index contributed by atoms with van der Waals surface area (Å²) in [4.78, 5) is 0. The van der Waals surface area contributed by atoms with E-state index in [4.69, 9.17) is 4.74 Å². The van der Waals surface area contributed by atoms with Gasteiger partial charge >= 0.3 is 0 Å². The average Bonchev–Trinajstić information content (AvgIpc) is 3.08. The summed E-state index contributed by atoms with van der Waals surface area (Å²) < 4.78 is 5.82. The van der Waals surface area contributed by atoms with Crippen LogP contribution in [0.1, 0.15) is 23.6 Å². The molecule has 2 aromatic rings. The Balaban J connectivity index is 1.42. The van der Waals surface area contributed by atoms with E-state index in [9.17, 15) is 5.11 Å². The minimum absolute atomic E-state index is 0.301. The van der Waals surface area contributed by atoms with Gasteiger partial charge in [-0.05, 0) is 37.0 Å². The molecule has 0 aromatic heterocycles. The smallest absolute Gasteiger partial charge is 0.126 e. The molecule has 126 valence electrons. The van der Waals surface area contributed by atoms with Crippen molar-refractivity contribution in [3.05, 3.63) is 71.3 Å². The molecule has 2 unspecified atom stereocenters. The highest BCUT2D eigenvalue weighted by atomic mass is 16.5. The second-order valence-electron chi connectivity index (χ2n) is 6.40. The monoisotopic (exact) mass is 323 g/mol. The molecule has 1 aliphatic carbocycles. The SMILES string of the molecule is CC(Cc1ccccc1)NCC(O)COc1cccc2c1C=CC2. The molecular weight excluding hydrogens is 298 g/mol. The Hall–Kier alpha value is -2.10. The van der Waals surface area contributed by atoms with Crippen molar-refractivity contribution in [3.8, 4) is 5.75 Å². The van der Waals surface area contributed by atoms with Gasteiger partial charge in [-0.25, -0.2) is 0 Å².